The summed E-state index contributed by atoms with van der Waals surface area (Å²) in [5, 5.41) is 0. The lowest BCUT2D eigenvalue weighted by Gasteiger charge is -2.43. The fourth-order valence-electron chi connectivity index (χ4n) is 2.85. The van der Waals surface area contributed by atoms with Gasteiger partial charge in [-0.15, -0.1) is 6.42 Å². The summed E-state index contributed by atoms with van der Waals surface area (Å²) in [4.78, 5) is 25.7. The van der Waals surface area contributed by atoms with Crippen LogP contribution in [0.4, 0.5) is 10.1 Å². The predicted molar refractivity (Wildman–Crippen MR) is 84.3 cm³/mol. The fraction of sp³-hybridized carbons (Fsp3) is 0.412. The quantitative estimate of drug-likeness (QED) is 0.854. The Morgan fingerprint density at radius 1 is 1.43 bits per heavy atom. The molecule has 1 aliphatic heterocycles. The lowest BCUT2D eigenvalue weighted by Crippen LogP contribution is -2.62. The number of hydrogen-bond acceptors (Lipinski definition) is 3. The van der Waals surface area contributed by atoms with Crippen molar-refractivity contribution in [1.29, 1.82) is 0 Å². The number of rotatable bonds is 4. The molecule has 0 atom stereocenters. The minimum Gasteiger partial charge on any atom is -0.381 e. The molecule has 23 heavy (non-hydrogen) atoms. The normalized spacial score (nSPS) is 16.4. The molecule has 5 nitrogen and oxygen atoms in total. The molecule has 0 radical (unpaired) electrons. The van der Waals surface area contributed by atoms with Gasteiger partial charge in [-0.05, 0) is 36.1 Å². The molecule has 0 unspecified atom stereocenters. The molecule has 1 aromatic carbocycles. The van der Waals surface area contributed by atoms with E-state index < -0.39 is 24.0 Å². The van der Waals surface area contributed by atoms with E-state index in [9.17, 15) is 14.0 Å². The summed E-state index contributed by atoms with van der Waals surface area (Å²) in [6.07, 6.45) is 5.77. The van der Waals surface area contributed by atoms with Gasteiger partial charge in [-0.25, -0.2) is 4.39 Å². The molecule has 1 aliphatic rings. The van der Waals surface area contributed by atoms with Crippen molar-refractivity contribution in [2.45, 2.75) is 32.0 Å². The highest BCUT2D eigenvalue weighted by atomic mass is 19.1. The lowest BCUT2D eigenvalue weighted by atomic mass is 9.86. The van der Waals surface area contributed by atoms with Crippen LogP contribution in [0.5, 0.6) is 0 Å². The van der Waals surface area contributed by atoms with Crippen LogP contribution in [0, 0.1) is 19.3 Å². The summed E-state index contributed by atoms with van der Waals surface area (Å²) < 4.78 is 18.4. The van der Waals surface area contributed by atoms with Crippen LogP contribution in [0.3, 0.4) is 0 Å². The Bertz CT molecular complexity index is 660. The van der Waals surface area contributed by atoms with E-state index in [1.54, 1.807) is 19.1 Å². The van der Waals surface area contributed by atoms with Gasteiger partial charge in [0.1, 0.15) is 12.2 Å². The number of nitrogens with zero attached hydrogens (tertiary/aromatic N) is 1. The topological polar surface area (TPSA) is 72.6 Å². The Labute approximate surface area is 134 Å². The zero-order chi connectivity index (χ0) is 17.0. The summed E-state index contributed by atoms with van der Waals surface area (Å²) in [6.45, 7) is 1.67. The van der Waals surface area contributed by atoms with Crippen LogP contribution < -0.4 is 10.6 Å². The predicted octanol–water partition coefficient (Wildman–Crippen LogP) is 1.47. The van der Waals surface area contributed by atoms with Crippen molar-refractivity contribution in [2.24, 2.45) is 5.73 Å². The number of hydrogen-bond donors (Lipinski definition) is 1. The first-order valence-electron chi connectivity index (χ1n) is 7.30. The molecule has 1 aromatic rings. The number of primary amides is 1. The van der Waals surface area contributed by atoms with Gasteiger partial charge in [-0.1, -0.05) is 6.07 Å². The summed E-state index contributed by atoms with van der Waals surface area (Å²) in [5.41, 5.74) is 5.90. The fourth-order valence-corrected chi connectivity index (χ4v) is 2.85. The van der Waals surface area contributed by atoms with E-state index >= 15 is 0 Å². The van der Waals surface area contributed by atoms with Crippen LogP contribution in [0.15, 0.2) is 18.2 Å². The third kappa shape index (κ3) is 3.06. The van der Waals surface area contributed by atoms with Gasteiger partial charge in [-0.3, -0.25) is 14.5 Å². The average molecular weight is 318 g/mol. The SMILES string of the molecule is C#CC(=O)N(c1ccc(C)c(CF)c1)C1(C(N)=O)CCOCC1. The highest BCUT2D eigenvalue weighted by Crippen LogP contribution is 2.34. The molecule has 0 saturated carbocycles. The van der Waals surface area contributed by atoms with Crippen molar-refractivity contribution in [1.82, 2.24) is 0 Å². The maximum Gasteiger partial charge on any atom is 0.303 e. The van der Waals surface area contributed by atoms with Gasteiger partial charge < -0.3 is 10.5 Å². The van der Waals surface area contributed by atoms with E-state index in [1.165, 1.54) is 11.0 Å². The third-order valence-corrected chi connectivity index (χ3v) is 4.27. The largest absolute Gasteiger partial charge is 0.381 e. The molecule has 0 aromatic heterocycles. The van der Waals surface area contributed by atoms with E-state index in [4.69, 9.17) is 16.9 Å². The Morgan fingerprint density at radius 2 is 2.09 bits per heavy atom. The Hall–Kier alpha value is -2.39. The number of alkyl halides is 1. The smallest absolute Gasteiger partial charge is 0.303 e. The Balaban J connectivity index is 2.59. The van der Waals surface area contributed by atoms with E-state index in [1.807, 2.05) is 5.92 Å². The lowest BCUT2D eigenvalue weighted by molar-refractivity contribution is -0.130. The number of benzene rings is 1. The zero-order valence-corrected chi connectivity index (χ0v) is 13.0. The number of nitrogens with two attached hydrogens (primary N) is 1. The Kier molecular flexibility index (Phi) is 5.02. The molecule has 6 heteroatoms. The van der Waals surface area contributed by atoms with E-state index in [-0.39, 0.29) is 12.8 Å². The second kappa shape index (κ2) is 6.80. The minimum atomic E-state index is -1.26. The number of terminal acetylenes is 1. The standard InChI is InChI=1S/C17H19FN2O3/c1-3-15(21)20(14-5-4-12(2)13(10-14)11-18)17(16(19)22)6-8-23-9-7-17/h1,4-5,10H,6-9,11H2,2H3,(H2,19,22). The van der Waals surface area contributed by atoms with Gasteiger partial charge >= 0.3 is 5.91 Å². The summed E-state index contributed by atoms with van der Waals surface area (Å²) in [6, 6.07) is 4.86. The van der Waals surface area contributed by atoms with E-state index in [0.29, 0.717) is 24.5 Å². The van der Waals surface area contributed by atoms with Crippen LogP contribution in [0.1, 0.15) is 24.0 Å². The molecule has 2 rings (SSSR count). The highest BCUT2D eigenvalue weighted by Gasteiger charge is 2.47. The summed E-state index contributed by atoms with van der Waals surface area (Å²) in [7, 11) is 0. The van der Waals surface area contributed by atoms with Crippen LogP contribution in [-0.4, -0.2) is 30.6 Å². The first-order valence-corrected chi connectivity index (χ1v) is 7.30. The maximum atomic E-state index is 13.2. The highest BCUT2D eigenvalue weighted by molar-refractivity contribution is 6.11. The maximum absolute atomic E-state index is 13.2. The minimum absolute atomic E-state index is 0.245. The molecule has 122 valence electrons. The van der Waals surface area contributed by atoms with Crippen molar-refractivity contribution in [3.8, 4) is 12.3 Å². The number of ether oxygens (including phenoxy) is 1. The molecular formula is C17H19FN2O3. The zero-order valence-electron chi connectivity index (χ0n) is 13.0. The van der Waals surface area contributed by atoms with Crippen molar-refractivity contribution < 1.29 is 18.7 Å². The van der Waals surface area contributed by atoms with Crippen molar-refractivity contribution in [2.75, 3.05) is 18.1 Å². The van der Waals surface area contributed by atoms with Crippen molar-refractivity contribution >= 4 is 17.5 Å². The molecule has 0 aliphatic carbocycles. The molecule has 0 spiro atoms. The second-order valence-electron chi connectivity index (χ2n) is 5.54. The second-order valence-corrected chi connectivity index (χ2v) is 5.54. The van der Waals surface area contributed by atoms with E-state index in [2.05, 4.69) is 0 Å². The molecule has 2 amide bonds. The first kappa shape index (κ1) is 17.0. The molecule has 1 fully saturated rings. The molecule has 0 bridgehead atoms. The van der Waals surface area contributed by atoms with Gasteiger partial charge in [0.05, 0.1) is 0 Å². The number of aryl methyl sites for hydroxylation is 1. The monoisotopic (exact) mass is 318 g/mol. The number of halogens is 1. The molecule has 2 N–H and O–H groups in total. The molecule has 1 saturated heterocycles. The third-order valence-electron chi connectivity index (χ3n) is 4.27. The van der Waals surface area contributed by atoms with Crippen LogP contribution in [0.25, 0.3) is 0 Å². The molecular weight excluding hydrogens is 299 g/mol. The first-order chi connectivity index (χ1) is 11.0. The van der Waals surface area contributed by atoms with Gasteiger partial charge in [0, 0.05) is 31.7 Å². The number of carbonyl (C=O) groups excluding carboxylic acids is 2. The summed E-state index contributed by atoms with van der Waals surface area (Å²) in [5.74, 6) is 0.710. The number of carbonyl (C=O) groups is 2. The number of amides is 2. The van der Waals surface area contributed by atoms with Gasteiger partial charge in [0.15, 0.2) is 0 Å². The number of anilines is 1. The Morgan fingerprint density at radius 3 is 2.61 bits per heavy atom. The molecule has 1 heterocycles. The summed E-state index contributed by atoms with van der Waals surface area (Å²) >= 11 is 0. The van der Waals surface area contributed by atoms with Crippen LogP contribution in [0.2, 0.25) is 0 Å². The van der Waals surface area contributed by atoms with Gasteiger partial charge in [-0.2, -0.15) is 0 Å². The van der Waals surface area contributed by atoms with Crippen molar-refractivity contribution in [3.05, 3.63) is 29.3 Å². The van der Waals surface area contributed by atoms with Gasteiger partial charge in [0.25, 0.3) is 0 Å². The van der Waals surface area contributed by atoms with E-state index in [0.717, 1.165) is 5.56 Å². The van der Waals surface area contributed by atoms with Crippen LogP contribution >= 0.6 is 0 Å². The van der Waals surface area contributed by atoms with Crippen LogP contribution in [-0.2, 0) is 21.0 Å². The average Bonchev–Trinajstić information content (AvgIpc) is 2.57. The van der Waals surface area contributed by atoms with Crippen molar-refractivity contribution in [3.63, 3.8) is 0 Å². The van der Waals surface area contributed by atoms with Gasteiger partial charge in [0.2, 0.25) is 5.91 Å².